The highest BCUT2D eigenvalue weighted by Crippen LogP contribution is 2.21. The summed E-state index contributed by atoms with van der Waals surface area (Å²) in [5.41, 5.74) is 0.767. The molecule has 0 amide bonds. The number of Topliss-reactive ketones (excluding diaryl/α,β-unsaturated/α-hetero) is 1. The minimum Gasteiger partial charge on any atom is -0.383 e. The van der Waals surface area contributed by atoms with Gasteiger partial charge < -0.3 is 9.30 Å². The molecule has 0 saturated heterocycles. The minimum absolute atomic E-state index is 0.151. The molecule has 0 bridgehead atoms. The first-order valence-corrected chi connectivity index (χ1v) is 6.03. The summed E-state index contributed by atoms with van der Waals surface area (Å²) in [4.78, 5) is 23.7. The Bertz CT molecular complexity index is 495. The lowest BCUT2D eigenvalue weighted by Crippen LogP contribution is -2.33. The molecular formula is C14H21NO3. The van der Waals surface area contributed by atoms with E-state index in [-0.39, 0.29) is 22.3 Å². The van der Waals surface area contributed by atoms with Crippen molar-refractivity contribution in [1.29, 1.82) is 0 Å². The van der Waals surface area contributed by atoms with E-state index in [9.17, 15) is 9.59 Å². The summed E-state index contributed by atoms with van der Waals surface area (Å²) in [6, 6.07) is 3.47. The van der Waals surface area contributed by atoms with Crippen LogP contribution in [0.25, 0.3) is 0 Å². The number of nitrogens with zero attached hydrogens (tertiary/aromatic N) is 1. The van der Waals surface area contributed by atoms with E-state index in [1.54, 1.807) is 17.7 Å². The fourth-order valence-corrected chi connectivity index (χ4v) is 1.91. The predicted molar refractivity (Wildman–Crippen MR) is 71.3 cm³/mol. The van der Waals surface area contributed by atoms with Gasteiger partial charge in [0.1, 0.15) is 0 Å². The molecule has 0 aromatic carbocycles. The predicted octanol–water partition coefficient (Wildman–Crippen LogP) is 1.99. The second kappa shape index (κ2) is 5.48. The lowest BCUT2D eigenvalue weighted by molar-refractivity contribution is 0.101. The molecule has 1 rings (SSSR count). The number of ether oxygens (including phenoxy) is 1. The van der Waals surface area contributed by atoms with Gasteiger partial charge in [-0.1, -0.05) is 20.8 Å². The van der Waals surface area contributed by atoms with Crippen molar-refractivity contribution < 1.29 is 9.53 Å². The Morgan fingerprint density at radius 2 is 1.94 bits per heavy atom. The molecule has 0 saturated carbocycles. The third kappa shape index (κ3) is 3.07. The van der Waals surface area contributed by atoms with E-state index in [1.807, 2.05) is 26.8 Å². The van der Waals surface area contributed by atoms with Crippen molar-refractivity contribution >= 4 is 5.78 Å². The molecule has 1 aromatic rings. The van der Waals surface area contributed by atoms with Gasteiger partial charge in [0.15, 0.2) is 5.78 Å². The molecule has 0 N–H and O–H groups in total. The van der Waals surface area contributed by atoms with Crippen molar-refractivity contribution in [2.75, 3.05) is 13.7 Å². The van der Waals surface area contributed by atoms with Gasteiger partial charge in [0.05, 0.1) is 12.2 Å². The number of rotatable bonds is 4. The maximum atomic E-state index is 12.3. The van der Waals surface area contributed by atoms with Crippen LogP contribution >= 0.6 is 0 Å². The normalized spacial score (nSPS) is 11.6. The lowest BCUT2D eigenvalue weighted by atomic mass is 9.90. The maximum Gasteiger partial charge on any atom is 0.261 e. The lowest BCUT2D eigenvalue weighted by Gasteiger charge is -2.24. The highest BCUT2D eigenvalue weighted by atomic mass is 16.5. The van der Waals surface area contributed by atoms with E-state index in [0.29, 0.717) is 13.2 Å². The van der Waals surface area contributed by atoms with E-state index < -0.39 is 0 Å². The van der Waals surface area contributed by atoms with Crippen LogP contribution in [-0.2, 0) is 16.7 Å². The zero-order chi connectivity index (χ0) is 13.9. The standard InChI is InChI=1S/C14H21NO3/c1-10(16)11-6-7-12(14(2,3)4)15(13(11)17)8-9-18-5/h6-7H,8-9H2,1-5H3. The SMILES string of the molecule is COCCn1c(C(C)(C)C)ccc(C(C)=O)c1=O. The zero-order valence-corrected chi connectivity index (χ0v) is 11.7. The number of carbonyl (C=O) groups is 1. The molecule has 0 unspecified atom stereocenters. The van der Waals surface area contributed by atoms with Crippen LogP contribution in [0.2, 0.25) is 0 Å². The Balaban J connectivity index is 3.42. The molecule has 4 heteroatoms. The maximum absolute atomic E-state index is 12.3. The van der Waals surface area contributed by atoms with Crippen molar-refractivity contribution in [2.24, 2.45) is 0 Å². The van der Waals surface area contributed by atoms with E-state index >= 15 is 0 Å². The molecule has 1 heterocycles. The number of ketones is 1. The quantitative estimate of drug-likeness (QED) is 0.769. The molecule has 0 aliphatic heterocycles. The Morgan fingerprint density at radius 1 is 1.33 bits per heavy atom. The molecule has 0 aliphatic rings. The van der Waals surface area contributed by atoms with E-state index in [2.05, 4.69) is 0 Å². The van der Waals surface area contributed by atoms with Gasteiger partial charge >= 0.3 is 0 Å². The summed E-state index contributed by atoms with van der Waals surface area (Å²) >= 11 is 0. The summed E-state index contributed by atoms with van der Waals surface area (Å²) in [7, 11) is 1.59. The van der Waals surface area contributed by atoms with Crippen LogP contribution in [0, 0.1) is 0 Å². The number of methoxy groups -OCH3 is 1. The molecular weight excluding hydrogens is 230 g/mol. The van der Waals surface area contributed by atoms with Gasteiger partial charge in [0.2, 0.25) is 0 Å². The van der Waals surface area contributed by atoms with Gasteiger partial charge in [-0.2, -0.15) is 0 Å². The number of hydrogen-bond donors (Lipinski definition) is 0. The van der Waals surface area contributed by atoms with Crippen molar-refractivity contribution in [1.82, 2.24) is 4.57 Å². The molecule has 100 valence electrons. The summed E-state index contributed by atoms with van der Waals surface area (Å²) in [5, 5.41) is 0. The fourth-order valence-electron chi connectivity index (χ4n) is 1.91. The van der Waals surface area contributed by atoms with Crippen LogP contribution in [-0.4, -0.2) is 24.1 Å². The Kier molecular flexibility index (Phi) is 4.46. The molecule has 0 aliphatic carbocycles. The van der Waals surface area contributed by atoms with Crippen LogP contribution in [0.15, 0.2) is 16.9 Å². The Hall–Kier alpha value is -1.42. The van der Waals surface area contributed by atoms with E-state index in [4.69, 9.17) is 4.74 Å². The van der Waals surface area contributed by atoms with Gasteiger partial charge in [0.25, 0.3) is 5.56 Å². The minimum atomic E-state index is -0.230. The average Bonchev–Trinajstić information content (AvgIpc) is 2.25. The summed E-state index contributed by atoms with van der Waals surface area (Å²) in [5.74, 6) is -0.202. The molecule has 0 atom stereocenters. The average molecular weight is 251 g/mol. The Morgan fingerprint density at radius 3 is 2.39 bits per heavy atom. The Labute approximate surface area is 108 Å². The largest absolute Gasteiger partial charge is 0.383 e. The summed E-state index contributed by atoms with van der Waals surface area (Å²) in [6.07, 6.45) is 0. The van der Waals surface area contributed by atoms with Crippen LogP contribution in [0.3, 0.4) is 0 Å². The number of aromatic nitrogens is 1. The highest BCUT2D eigenvalue weighted by Gasteiger charge is 2.20. The summed E-state index contributed by atoms with van der Waals surface area (Å²) < 4.78 is 6.66. The third-order valence-electron chi connectivity index (χ3n) is 2.84. The third-order valence-corrected chi connectivity index (χ3v) is 2.84. The first-order chi connectivity index (χ1) is 8.29. The second-order valence-electron chi connectivity index (χ2n) is 5.39. The monoisotopic (exact) mass is 251 g/mol. The van der Waals surface area contributed by atoms with Gasteiger partial charge in [0, 0.05) is 24.8 Å². The van der Waals surface area contributed by atoms with Crippen molar-refractivity contribution in [3.05, 3.63) is 33.7 Å². The van der Waals surface area contributed by atoms with E-state index in [0.717, 1.165) is 5.69 Å². The molecule has 0 fully saturated rings. The van der Waals surface area contributed by atoms with Crippen molar-refractivity contribution in [3.63, 3.8) is 0 Å². The van der Waals surface area contributed by atoms with Crippen LogP contribution in [0.1, 0.15) is 43.7 Å². The van der Waals surface area contributed by atoms with Crippen LogP contribution < -0.4 is 5.56 Å². The number of pyridine rings is 1. The van der Waals surface area contributed by atoms with Crippen LogP contribution in [0.5, 0.6) is 0 Å². The first-order valence-electron chi connectivity index (χ1n) is 6.03. The molecule has 18 heavy (non-hydrogen) atoms. The van der Waals surface area contributed by atoms with E-state index in [1.165, 1.54) is 6.92 Å². The van der Waals surface area contributed by atoms with Crippen LogP contribution in [0.4, 0.5) is 0 Å². The molecule has 0 spiro atoms. The molecule has 1 aromatic heterocycles. The topological polar surface area (TPSA) is 48.3 Å². The molecule has 0 radical (unpaired) electrons. The second-order valence-corrected chi connectivity index (χ2v) is 5.39. The number of carbonyl (C=O) groups excluding carboxylic acids is 1. The van der Waals surface area contributed by atoms with Crippen molar-refractivity contribution in [2.45, 2.75) is 39.7 Å². The first kappa shape index (κ1) is 14.6. The molecule has 4 nitrogen and oxygen atoms in total. The van der Waals surface area contributed by atoms with Crippen molar-refractivity contribution in [3.8, 4) is 0 Å². The fraction of sp³-hybridized carbons (Fsp3) is 0.571. The van der Waals surface area contributed by atoms with Gasteiger partial charge in [-0.3, -0.25) is 9.59 Å². The van der Waals surface area contributed by atoms with Gasteiger partial charge in [-0.15, -0.1) is 0 Å². The summed E-state index contributed by atoms with van der Waals surface area (Å²) in [6.45, 7) is 8.44. The van der Waals surface area contributed by atoms with Gasteiger partial charge in [-0.05, 0) is 19.1 Å². The van der Waals surface area contributed by atoms with Gasteiger partial charge in [-0.25, -0.2) is 0 Å². The number of hydrogen-bond acceptors (Lipinski definition) is 3. The highest BCUT2D eigenvalue weighted by molar-refractivity contribution is 5.93. The zero-order valence-electron chi connectivity index (χ0n) is 11.7. The smallest absolute Gasteiger partial charge is 0.261 e.